The van der Waals surface area contributed by atoms with Crippen molar-refractivity contribution in [3.63, 3.8) is 0 Å². The predicted molar refractivity (Wildman–Crippen MR) is 105 cm³/mol. The maximum absolute atomic E-state index is 14.8. The lowest BCUT2D eigenvalue weighted by atomic mass is 9.99. The van der Waals surface area contributed by atoms with Crippen molar-refractivity contribution in [2.24, 2.45) is 4.99 Å². The average Bonchev–Trinajstić information content (AvgIpc) is 3.08. The number of carbonyl (C=O) groups is 1. The summed E-state index contributed by atoms with van der Waals surface area (Å²) >= 11 is 7.45. The second-order valence-electron chi connectivity index (χ2n) is 6.62. The number of aromatic nitrogens is 3. The molecule has 0 saturated carbocycles. The van der Waals surface area contributed by atoms with E-state index in [-0.39, 0.29) is 17.0 Å². The number of hydrogen-bond acceptors (Lipinski definition) is 5. The van der Waals surface area contributed by atoms with Crippen LogP contribution >= 0.6 is 22.9 Å². The summed E-state index contributed by atoms with van der Waals surface area (Å²) in [5.41, 5.74) is 2.41. The first-order chi connectivity index (χ1) is 13.3. The maximum Gasteiger partial charge on any atom is 0.306 e. The Labute approximate surface area is 169 Å². The molecule has 0 saturated heterocycles. The van der Waals surface area contributed by atoms with Gasteiger partial charge in [-0.15, -0.1) is 21.5 Å². The Kier molecular flexibility index (Phi) is 4.55. The monoisotopic (exact) mass is 418 g/mol. The molecule has 0 amide bonds. The molecule has 9 heteroatoms. The van der Waals surface area contributed by atoms with Crippen LogP contribution in [0.5, 0.6) is 0 Å². The topological polar surface area (TPSA) is 80.4 Å². The van der Waals surface area contributed by atoms with E-state index in [4.69, 9.17) is 11.6 Å². The molecule has 0 radical (unpaired) electrons. The van der Waals surface area contributed by atoms with Gasteiger partial charge in [0.2, 0.25) is 0 Å². The Morgan fingerprint density at radius 2 is 2.07 bits per heavy atom. The number of carboxylic acids is 1. The lowest BCUT2D eigenvalue weighted by Gasteiger charge is -2.11. The Hall–Kier alpha value is -2.58. The van der Waals surface area contributed by atoms with Crippen LogP contribution in [0.25, 0.3) is 5.00 Å². The molecule has 0 fully saturated rings. The van der Waals surface area contributed by atoms with E-state index in [2.05, 4.69) is 15.2 Å². The first kappa shape index (κ1) is 18.8. The minimum absolute atomic E-state index is 0.274. The third kappa shape index (κ3) is 2.93. The molecule has 1 aliphatic rings. The van der Waals surface area contributed by atoms with E-state index in [0.717, 1.165) is 21.0 Å². The molecular weight excluding hydrogens is 403 g/mol. The number of aryl methyl sites for hydroxylation is 2. The van der Waals surface area contributed by atoms with Gasteiger partial charge in [0.1, 0.15) is 22.7 Å². The van der Waals surface area contributed by atoms with Crippen LogP contribution in [0.3, 0.4) is 0 Å². The number of rotatable bonds is 3. The summed E-state index contributed by atoms with van der Waals surface area (Å²) in [7, 11) is 0. The molecule has 28 heavy (non-hydrogen) atoms. The van der Waals surface area contributed by atoms with Crippen LogP contribution in [0.15, 0.2) is 23.2 Å². The van der Waals surface area contributed by atoms with E-state index < -0.39 is 17.8 Å². The van der Waals surface area contributed by atoms with E-state index >= 15 is 0 Å². The quantitative estimate of drug-likeness (QED) is 0.683. The van der Waals surface area contributed by atoms with Gasteiger partial charge in [-0.25, -0.2) is 4.39 Å². The molecule has 1 atom stereocenters. The first-order valence-electron chi connectivity index (χ1n) is 8.55. The van der Waals surface area contributed by atoms with Crippen molar-refractivity contribution >= 4 is 34.6 Å². The molecule has 0 bridgehead atoms. The highest BCUT2D eigenvalue weighted by atomic mass is 35.5. The predicted octanol–water partition coefficient (Wildman–Crippen LogP) is 4.41. The van der Waals surface area contributed by atoms with Crippen molar-refractivity contribution < 1.29 is 14.3 Å². The number of carboxylic acid groups (broad SMARTS) is 1. The van der Waals surface area contributed by atoms with Crippen molar-refractivity contribution in [3.8, 4) is 5.00 Å². The van der Waals surface area contributed by atoms with Crippen molar-refractivity contribution in [2.45, 2.75) is 33.2 Å². The zero-order valence-corrected chi connectivity index (χ0v) is 16.9. The van der Waals surface area contributed by atoms with Gasteiger partial charge in [-0.1, -0.05) is 11.6 Å². The molecule has 6 nitrogen and oxygen atoms in total. The molecule has 0 unspecified atom stereocenters. The summed E-state index contributed by atoms with van der Waals surface area (Å²) in [5, 5.41) is 18.8. The van der Waals surface area contributed by atoms with Crippen molar-refractivity contribution in [1.82, 2.24) is 14.8 Å². The first-order valence-corrected chi connectivity index (χ1v) is 9.75. The smallest absolute Gasteiger partial charge is 0.306 e. The zero-order chi connectivity index (χ0) is 20.2. The highest BCUT2D eigenvalue weighted by Gasteiger charge is 2.33. The molecule has 3 aromatic rings. The Balaban J connectivity index is 2.07. The van der Waals surface area contributed by atoms with Crippen LogP contribution in [0, 0.1) is 26.6 Å². The maximum atomic E-state index is 14.8. The fraction of sp³-hybridized carbons (Fsp3) is 0.263. The fourth-order valence-electron chi connectivity index (χ4n) is 3.36. The number of benzene rings is 1. The molecule has 2 aromatic heterocycles. The molecule has 3 heterocycles. The van der Waals surface area contributed by atoms with E-state index in [9.17, 15) is 14.3 Å². The van der Waals surface area contributed by atoms with Crippen LogP contribution in [0.2, 0.25) is 5.02 Å². The summed E-state index contributed by atoms with van der Waals surface area (Å²) in [6.07, 6.45) is -0.274. The van der Waals surface area contributed by atoms with Crippen LogP contribution in [0.1, 0.15) is 45.7 Å². The van der Waals surface area contributed by atoms with Gasteiger partial charge in [0.25, 0.3) is 0 Å². The summed E-state index contributed by atoms with van der Waals surface area (Å²) < 4.78 is 16.6. The van der Waals surface area contributed by atoms with Crippen LogP contribution in [-0.4, -0.2) is 31.6 Å². The third-order valence-corrected chi connectivity index (χ3v) is 6.22. The molecule has 0 spiro atoms. The van der Waals surface area contributed by atoms with E-state index in [1.807, 2.05) is 18.4 Å². The van der Waals surface area contributed by atoms with Crippen LogP contribution in [-0.2, 0) is 4.79 Å². The number of nitrogens with zero attached hydrogens (tertiary/aromatic N) is 4. The number of aliphatic imine (C=N–C) groups is 1. The van der Waals surface area contributed by atoms with Crippen molar-refractivity contribution in [1.29, 1.82) is 0 Å². The number of thiophene rings is 1. The summed E-state index contributed by atoms with van der Waals surface area (Å²) in [6, 6.07) is 3.61. The SMILES string of the molecule is Cc1sc2c(c1C)C(c1ccc(Cl)cc1F)=N[C@@H](CC(=O)O)c1nnc(C)n1-2. The molecular formula is C19H16ClFN4O2S. The molecule has 4 rings (SSSR count). The van der Waals surface area contributed by atoms with Crippen molar-refractivity contribution in [3.05, 3.63) is 62.3 Å². The Morgan fingerprint density at radius 3 is 2.75 bits per heavy atom. The number of halogens is 2. The molecule has 1 aromatic carbocycles. The average molecular weight is 419 g/mol. The highest BCUT2D eigenvalue weighted by molar-refractivity contribution is 7.15. The van der Waals surface area contributed by atoms with Gasteiger partial charge < -0.3 is 5.11 Å². The van der Waals surface area contributed by atoms with Gasteiger partial charge in [0.05, 0.1) is 12.1 Å². The van der Waals surface area contributed by atoms with Gasteiger partial charge in [-0.05, 0) is 44.5 Å². The minimum Gasteiger partial charge on any atom is -0.481 e. The second-order valence-corrected chi connectivity index (χ2v) is 8.26. The van der Waals surface area contributed by atoms with Crippen LogP contribution < -0.4 is 0 Å². The highest BCUT2D eigenvalue weighted by Crippen LogP contribution is 2.39. The Bertz CT molecular complexity index is 1150. The van der Waals surface area contributed by atoms with Gasteiger partial charge in [-0.2, -0.15) is 0 Å². The van der Waals surface area contributed by atoms with E-state index in [1.165, 1.54) is 17.4 Å². The van der Waals surface area contributed by atoms with Gasteiger partial charge in [-0.3, -0.25) is 14.4 Å². The van der Waals surface area contributed by atoms with Crippen LogP contribution in [0.4, 0.5) is 4.39 Å². The minimum atomic E-state index is -1.02. The molecule has 144 valence electrons. The largest absolute Gasteiger partial charge is 0.481 e. The second kappa shape index (κ2) is 6.79. The number of fused-ring (bicyclic) bond motifs is 3. The van der Waals surface area contributed by atoms with Gasteiger partial charge in [0.15, 0.2) is 5.82 Å². The van der Waals surface area contributed by atoms with Gasteiger partial charge >= 0.3 is 5.97 Å². The van der Waals surface area contributed by atoms with Crippen molar-refractivity contribution in [2.75, 3.05) is 0 Å². The van der Waals surface area contributed by atoms with Gasteiger partial charge in [0, 0.05) is 21.0 Å². The summed E-state index contributed by atoms with van der Waals surface area (Å²) in [5.74, 6) is -0.466. The number of aliphatic carboxylic acids is 1. The normalized spacial score (nSPS) is 15.6. The van der Waals surface area contributed by atoms with E-state index in [1.54, 1.807) is 19.1 Å². The number of hydrogen-bond donors (Lipinski definition) is 1. The standard InChI is InChI=1S/C19H16ClFN4O2S/c1-8-9(2)28-19-16(8)17(12-5-4-11(20)6-13(12)21)22-14(7-15(26)27)18-24-23-10(3)25(18)19/h4-6,14H,7H2,1-3H3,(H,26,27)/t14-/m0/s1. The molecule has 0 aliphatic carbocycles. The lowest BCUT2D eigenvalue weighted by molar-refractivity contribution is -0.137. The molecule has 1 N–H and O–H groups in total. The lowest BCUT2D eigenvalue weighted by Crippen LogP contribution is -2.11. The molecule has 1 aliphatic heterocycles. The van der Waals surface area contributed by atoms with E-state index in [0.29, 0.717) is 17.4 Å². The fourth-order valence-corrected chi connectivity index (χ4v) is 4.73. The summed E-state index contributed by atoms with van der Waals surface area (Å²) in [6.45, 7) is 5.74. The summed E-state index contributed by atoms with van der Waals surface area (Å²) in [4.78, 5) is 17.2. The third-order valence-electron chi connectivity index (χ3n) is 4.79. The zero-order valence-electron chi connectivity index (χ0n) is 15.3. The Morgan fingerprint density at radius 1 is 1.32 bits per heavy atom.